The fourth-order valence-electron chi connectivity index (χ4n) is 3.63. The Morgan fingerprint density at radius 3 is 3.04 bits per heavy atom. The van der Waals surface area contributed by atoms with E-state index in [0.29, 0.717) is 24.0 Å². The molecular formula is C18H19ClN4O. The maximum atomic E-state index is 12.1. The number of nitrogens with zero attached hydrogens (tertiary/aromatic N) is 3. The molecule has 1 atom stereocenters. The Morgan fingerprint density at radius 2 is 2.21 bits per heavy atom. The number of halogens is 1. The van der Waals surface area contributed by atoms with Gasteiger partial charge in [0.25, 0.3) is 5.91 Å². The molecule has 6 heteroatoms. The number of fused-ring (bicyclic) bond motifs is 1. The van der Waals surface area contributed by atoms with E-state index in [-0.39, 0.29) is 5.91 Å². The number of nitrogens with one attached hydrogen (secondary N) is 1. The molecule has 2 aromatic rings. The number of benzene rings is 1. The minimum absolute atomic E-state index is 0.0893. The lowest BCUT2D eigenvalue weighted by Crippen LogP contribution is -2.35. The highest BCUT2D eigenvalue weighted by molar-refractivity contribution is 6.30. The van der Waals surface area contributed by atoms with E-state index in [1.165, 1.54) is 5.56 Å². The van der Waals surface area contributed by atoms with Crippen molar-refractivity contribution in [2.45, 2.75) is 25.7 Å². The maximum Gasteiger partial charge on any atom is 0.270 e. The highest BCUT2D eigenvalue weighted by Crippen LogP contribution is 2.33. The van der Waals surface area contributed by atoms with E-state index in [1.54, 1.807) is 0 Å². The van der Waals surface area contributed by atoms with E-state index in [2.05, 4.69) is 26.3 Å². The summed E-state index contributed by atoms with van der Waals surface area (Å²) in [5.41, 5.74) is 2.79. The first-order chi connectivity index (χ1) is 11.6. The van der Waals surface area contributed by atoms with Crippen molar-refractivity contribution in [2.24, 2.45) is 0 Å². The summed E-state index contributed by atoms with van der Waals surface area (Å²) >= 11 is 6.13. The number of rotatable bonds is 2. The Kier molecular flexibility index (Phi) is 3.88. The first kappa shape index (κ1) is 15.4. The number of aromatic nitrogens is 2. The summed E-state index contributed by atoms with van der Waals surface area (Å²) in [7, 11) is 0. The number of hydrogen-bond donors (Lipinski definition) is 1. The third-order valence-electron chi connectivity index (χ3n) is 4.78. The first-order valence-electron chi connectivity index (χ1n) is 8.28. The minimum atomic E-state index is -0.0893. The number of hydrogen-bond acceptors (Lipinski definition) is 4. The number of amides is 1. The zero-order chi connectivity index (χ0) is 16.7. The topological polar surface area (TPSA) is 58.1 Å². The quantitative estimate of drug-likeness (QED) is 0.911. The molecule has 1 N–H and O–H groups in total. The van der Waals surface area contributed by atoms with Crippen molar-refractivity contribution < 1.29 is 4.79 Å². The van der Waals surface area contributed by atoms with Gasteiger partial charge in [0.2, 0.25) is 0 Å². The van der Waals surface area contributed by atoms with E-state index < -0.39 is 0 Å². The van der Waals surface area contributed by atoms with Crippen LogP contribution in [0.15, 0.2) is 24.3 Å². The van der Waals surface area contributed by atoms with Crippen LogP contribution in [0.2, 0.25) is 5.02 Å². The van der Waals surface area contributed by atoms with Gasteiger partial charge in [-0.3, -0.25) is 4.79 Å². The summed E-state index contributed by atoms with van der Waals surface area (Å²) in [6.45, 7) is 4.32. The molecule has 0 bridgehead atoms. The van der Waals surface area contributed by atoms with Crippen molar-refractivity contribution in [3.8, 4) is 0 Å². The van der Waals surface area contributed by atoms with Crippen molar-refractivity contribution >= 4 is 23.3 Å². The van der Waals surface area contributed by atoms with Gasteiger partial charge in [0, 0.05) is 36.1 Å². The Labute approximate surface area is 146 Å². The third-order valence-corrected chi connectivity index (χ3v) is 5.02. The third kappa shape index (κ3) is 2.73. The number of aryl methyl sites for hydroxylation is 1. The molecule has 1 aromatic heterocycles. The molecule has 2 aliphatic rings. The second-order valence-electron chi connectivity index (χ2n) is 6.41. The molecule has 0 radical (unpaired) electrons. The predicted octanol–water partition coefficient (Wildman–Crippen LogP) is 2.72. The van der Waals surface area contributed by atoms with Crippen LogP contribution in [0.5, 0.6) is 0 Å². The Balaban J connectivity index is 1.65. The second kappa shape index (κ2) is 6.06. The molecule has 0 saturated carbocycles. The van der Waals surface area contributed by atoms with Gasteiger partial charge >= 0.3 is 0 Å². The van der Waals surface area contributed by atoms with Gasteiger partial charge in [-0.15, -0.1) is 0 Å². The molecular weight excluding hydrogens is 324 g/mol. The van der Waals surface area contributed by atoms with Gasteiger partial charge in [-0.1, -0.05) is 23.7 Å². The SMILES string of the molecule is Cc1nc2c(c(N3CCC(c4cccc(Cl)c4)C3)n1)CCNC2=O. The predicted molar refractivity (Wildman–Crippen MR) is 93.8 cm³/mol. The number of anilines is 1. The molecule has 4 rings (SSSR count). The highest BCUT2D eigenvalue weighted by Gasteiger charge is 2.30. The smallest absolute Gasteiger partial charge is 0.270 e. The van der Waals surface area contributed by atoms with Crippen molar-refractivity contribution in [3.63, 3.8) is 0 Å². The van der Waals surface area contributed by atoms with Crippen LogP contribution in [0.4, 0.5) is 5.82 Å². The van der Waals surface area contributed by atoms with Gasteiger partial charge in [0.1, 0.15) is 17.3 Å². The molecule has 0 aliphatic carbocycles. The zero-order valence-corrected chi connectivity index (χ0v) is 14.3. The van der Waals surface area contributed by atoms with E-state index in [0.717, 1.165) is 42.3 Å². The van der Waals surface area contributed by atoms with Crippen LogP contribution in [0.1, 0.15) is 39.8 Å². The average molecular weight is 343 g/mol. The largest absolute Gasteiger partial charge is 0.356 e. The Hall–Kier alpha value is -2.14. The van der Waals surface area contributed by atoms with Gasteiger partial charge < -0.3 is 10.2 Å². The number of carbonyl (C=O) groups excluding carboxylic acids is 1. The van der Waals surface area contributed by atoms with Gasteiger partial charge in [-0.25, -0.2) is 9.97 Å². The van der Waals surface area contributed by atoms with Crippen molar-refractivity contribution in [1.82, 2.24) is 15.3 Å². The van der Waals surface area contributed by atoms with E-state index in [4.69, 9.17) is 11.6 Å². The summed E-state index contributed by atoms with van der Waals surface area (Å²) in [5, 5.41) is 3.64. The van der Waals surface area contributed by atoms with Gasteiger partial charge in [0.15, 0.2) is 0 Å². The molecule has 0 spiro atoms. The van der Waals surface area contributed by atoms with Gasteiger partial charge in [-0.2, -0.15) is 0 Å². The van der Waals surface area contributed by atoms with Crippen LogP contribution in [0.3, 0.4) is 0 Å². The molecule has 3 heterocycles. The average Bonchev–Trinajstić information content (AvgIpc) is 3.05. The zero-order valence-electron chi connectivity index (χ0n) is 13.6. The molecule has 5 nitrogen and oxygen atoms in total. The summed E-state index contributed by atoms with van der Waals surface area (Å²) in [5.74, 6) is 1.92. The molecule has 1 unspecified atom stereocenters. The molecule has 1 fully saturated rings. The first-order valence-corrected chi connectivity index (χ1v) is 8.66. The normalized spacial score (nSPS) is 20.0. The molecule has 1 saturated heterocycles. The van der Waals surface area contributed by atoms with E-state index in [9.17, 15) is 4.79 Å². The van der Waals surface area contributed by atoms with Gasteiger partial charge in [0.05, 0.1) is 0 Å². The van der Waals surface area contributed by atoms with Crippen LogP contribution in [0.25, 0.3) is 0 Å². The Morgan fingerprint density at radius 1 is 1.33 bits per heavy atom. The fourth-order valence-corrected chi connectivity index (χ4v) is 3.83. The Bertz CT molecular complexity index is 808. The monoisotopic (exact) mass is 342 g/mol. The molecule has 124 valence electrons. The van der Waals surface area contributed by atoms with Gasteiger partial charge in [-0.05, 0) is 37.5 Å². The minimum Gasteiger partial charge on any atom is -0.356 e. The molecule has 1 amide bonds. The standard InChI is InChI=1S/C18H19ClN4O/c1-11-21-16-15(5-7-20-18(16)24)17(22-11)23-8-6-13(10-23)12-3-2-4-14(19)9-12/h2-4,9,13H,5-8,10H2,1H3,(H,20,24). The van der Waals surface area contributed by atoms with E-state index in [1.807, 2.05) is 25.1 Å². The van der Waals surface area contributed by atoms with Crippen molar-refractivity contribution in [2.75, 3.05) is 24.5 Å². The highest BCUT2D eigenvalue weighted by atomic mass is 35.5. The molecule has 1 aromatic carbocycles. The lowest BCUT2D eigenvalue weighted by molar-refractivity contribution is 0.0940. The lowest BCUT2D eigenvalue weighted by atomic mass is 9.99. The van der Waals surface area contributed by atoms with Crippen LogP contribution in [0, 0.1) is 6.92 Å². The number of carbonyl (C=O) groups is 1. The van der Waals surface area contributed by atoms with Crippen molar-refractivity contribution in [3.05, 3.63) is 51.9 Å². The summed E-state index contributed by atoms with van der Waals surface area (Å²) < 4.78 is 0. The fraction of sp³-hybridized carbons (Fsp3) is 0.389. The summed E-state index contributed by atoms with van der Waals surface area (Å²) in [4.78, 5) is 23.4. The summed E-state index contributed by atoms with van der Waals surface area (Å²) in [6.07, 6.45) is 1.85. The van der Waals surface area contributed by atoms with Crippen LogP contribution < -0.4 is 10.2 Å². The van der Waals surface area contributed by atoms with Crippen LogP contribution >= 0.6 is 11.6 Å². The van der Waals surface area contributed by atoms with Crippen LogP contribution in [-0.4, -0.2) is 35.5 Å². The lowest BCUT2D eigenvalue weighted by Gasteiger charge is -2.25. The molecule has 2 aliphatic heterocycles. The van der Waals surface area contributed by atoms with Crippen LogP contribution in [-0.2, 0) is 6.42 Å². The second-order valence-corrected chi connectivity index (χ2v) is 6.85. The maximum absolute atomic E-state index is 12.1. The van der Waals surface area contributed by atoms with Crippen molar-refractivity contribution in [1.29, 1.82) is 0 Å². The summed E-state index contributed by atoms with van der Waals surface area (Å²) in [6, 6.07) is 8.08. The van der Waals surface area contributed by atoms with E-state index >= 15 is 0 Å². The molecule has 24 heavy (non-hydrogen) atoms.